The van der Waals surface area contributed by atoms with E-state index in [4.69, 9.17) is 11.3 Å². The van der Waals surface area contributed by atoms with Gasteiger partial charge in [0.05, 0.1) is 5.71 Å². The zero-order valence-corrected chi connectivity index (χ0v) is 7.83. The Morgan fingerprint density at radius 3 is 3.00 bits per heavy atom. The molecule has 1 unspecified atom stereocenters. The molecule has 0 amide bonds. The van der Waals surface area contributed by atoms with Crippen molar-refractivity contribution in [3.05, 3.63) is 0 Å². The quantitative estimate of drug-likeness (QED) is 0.368. The summed E-state index contributed by atoms with van der Waals surface area (Å²) in [6.45, 7) is 0.306. The lowest BCUT2D eigenvalue weighted by molar-refractivity contribution is 0.177. The molecular formula is C11H15NO. The van der Waals surface area contributed by atoms with E-state index in [1.54, 1.807) is 0 Å². The van der Waals surface area contributed by atoms with Crippen molar-refractivity contribution in [2.24, 2.45) is 17.0 Å². The zero-order chi connectivity index (χ0) is 9.10. The molecule has 0 radical (unpaired) electrons. The highest BCUT2D eigenvalue weighted by Gasteiger charge is 2.37. The van der Waals surface area contributed by atoms with Gasteiger partial charge in [-0.3, -0.25) is 0 Å². The van der Waals surface area contributed by atoms with Crippen LogP contribution in [0, 0.1) is 24.2 Å². The van der Waals surface area contributed by atoms with E-state index in [1.807, 2.05) is 0 Å². The van der Waals surface area contributed by atoms with Gasteiger partial charge in [-0.2, -0.15) is 0 Å². The molecule has 1 atom stereocenters. The molecule has 2 aliphatic rings. The van der Waals surface area contributed by atoms with Gasteiger partial charge in [-0.25, -0.2) is 0 Å². The fourth-order valence-electron chi connectivity index (χ4n) is 2.13. The third-order valence-corrected chi connectivity index (χ3v) is 2.90. The summed E-state index contributed by atoms with van der Waals surface area (Å²) in [5.41, 5.74) is 1.26. The Morgan fingerprint density at radius 1 is 1.46 bits per heavy atom. The molecule has 2 rings (SSSR count). The largest absolute Gasteiger partial charge is 0.383 e. The van der Waals surface area contributed by atoms with Crippen molar-refractivity contribution in [1.82, 2.24) is 0 Å². The Labute approximate surface area is 79.3 Å². The standard InChI is InChI=1S/C11H15NO/c1-2-8-13-12-11-5-3-4-10(11)9-6-7-9/h1,9-10H,3-8H2/b12-11-. The molecule has 0 N–H and O–H groups in total. The number of oxime groups is 1. The summed E-state index contributed by atoms with van der Waals surface area (Å²) in [4.78, 5) is 5.03. The van der Waals surface area contributed by atoms with Gasteiger partial charge in [0, 0.05) is 5.92 Å². The van der Waals surface area contributed by atoms with Crippen LogP contribution in [0.15, 0.2) is 5.16 Å². The highest BCUT2D eigenvalue weighted by molar-refractivity contribution is 5.88. The minimum Gasteiger partial charge on any atom is -0.383 e. The zero-order valence-electron chi connectivity index (χ0n) is 7.83. The Morgan fingerprint density at radius 2 is 2.31 bits per heavy atom. The summed E-state index contributed by atoms with van der Waals surface area (Å²) >= 11 is 0. The van der Waals surface area contributed by atoms with Crippen LogP contribution in [-0.2, 0) is 4.84 Å². The van der Waals surface area contributed by atoms with Gasteiger partial charge in [0.1, 0.15) is 0 Å². The van der Waals surface area contributed by atoms with Gasteiger partial charge < -0.3 is 4.84 Å². The van der Waals surface area contributed by atoms with Crippen molar-refractivity contribution < 1.29 is 4.84 Å². The van der Waals surface area contributed by atoms with Crippen molar-refractivity contribution in [2.75, 3.05) is 6.61 Å². The third kappa shape index (κ3) is 2.03. The summed E-state index contributed by atoms with van der Waals surface area (Å²) in [7, 11) is 0. The molecule has 2 saturated carbocycles. The van der Waals surface area contributed by atoms with E-state index in [-0.39, 0.29) is 0 Å². The van der Waals surface area contributed by atoms with Gasteiger partial charge in [0.15, 0.2) is 6.61 Å². The number of nitrogens with zero attached hydrogens (tertiary/aromatic N) is 1. The first-order valence-corrected chi connectivity index (χ1v) is 5.04. The fourth-order valence-corrected chi connectivity index (χ4v) is 2.13. The van der Waals surface area contributed by atoms with E-state index in [9.17, 15) is 0 Å². The molecule has 2 heteroatoms. The summed E-state index contributed by atoms with van der Waals surface area (Å²) in [5.74, 6) is 4.05. The molecule has 0 heterocycles. The second-order valence-corrected chi connectivity index (χ2v) is 3.90. The van der Waals surface area contributed by atoms with Gasteiger partial charge in [-0.05, 0) is 38.0 Å². The monoisotopic (exact) mass is 177 g/mol. The maximum Gasteiger partial charge on any atom is 0.177 e. The van der Waals surface area contributed by atoms with Crippen LogP contribution in [0.3, 0.4) is 0 Å². The number of terminal acetylenes is 1. The second kappa shape index (κ2) is 3.83. The molecule has 0 aromatic heterocycles. The maximum absolute atomic E-state index is 5.08. The Kier molecular flexibility index (Phi) is 2.54. The second-order valence-electron chi connectivity index (χ2n) is 3.90. The Hall–Kier alpha value is -0.970. The average Bonchev–Trinajstić information content (AvgIpc) is 2.88. The van der Waals surface area contributed by atoms with Gasteiger partial charge >= 0.3 is 0 Å². The van der Waals surface area contributed by atoms with Crippen LogP contribution in [0.4, 0.5) is 0 Å². The van der Waals surface area contributed by atoms with Crippen molar-refractivity contribution in [1.29, 1.82) is 0 Å². The van der Waals surface area contributed by atoms with E-state index >= 15 is 0 Å². The number of rotatable bonds is 3. The van der Waals surface area contributed by atoms with Crippen LogP contribution in [-0.4, -0.2) is 12.3 Å². The van der Waals surface area contributed by atoms with Crippen LogP contribution in [0.2, 0.25) is 0 Å². The first kappa shape index (κ1) is 8.62. The number of hydrogen-bond donors (Lipinski definition) is 0. The maximum atomic E-state index is 5.08. The van der Waals surface area contributed by atoms with Gasteiger partial charge in [0.25, 0.3) is 0 Å². The SMILES string of the molecule is C#CCO/N=C1/CCCC1C1CC1. The minimum absolute atomic E-state index is 0.306. The molecule has 0 spiro atoms. The topological polar surface area (TPSA) is 21.6 Å². The van der Waals surface area contributed by atoms with E-state index in [0.29, 0.717) is 6.61 Å². The normalized spacial score (nSPS) is 30.4. The molecule has 0 aromatic rings. The van der Waals surface area contributed by atoms with Crippen molar-refractivity contribution in [3.8, 4) is 12.3 Å². The molecule has 70 valence electrons. The molecule has 2 aliphatic carbocycles. The van der Waals surface area contributed by atoms with Crippen molar-refractivity contribution >= 4 is 5.71 Å². The van der Waals surface area contributed by atoms with Gasteiger partial charge in [0.2, 0.25) is 0 Å². The highest BCUT2D eigenvalue weighted by Crippen LogP contribution is 2.43. The highest BCUT2D eigenvalue weighted by atomic mass is 16.6. The summed E-state index contributed by atoms with van der Waals surface area (Å²) < 4.78 is 0. The Balaban J connectivity index is 1.89. The van der Waals surface area contributed by atoms with Crippen LogP contribution >= 0.6 is 0 Å². The smallest absolute Gasteiger partial charge is 0.177 e. The molecule has 0 aliphatic heterocycles. The lowest BCUT2D eigenvalue weighted by atomic mass is 10.0. The van der Waals surface area contributed by atoms with E-state index in [0.717, 1.165) is 18.3 Å². The van der Waals surface area contributed by atoms with Crippen LogP contribution in [0.5, 0.6) is 0 Å². The average molecular weight is 177 g/mol. The van der Waals surface area contributed by atoms with Gasteiger partial charge in [-0.15, -0.1) is 6.42 Å². The summed E-state index contributed by atoms with van der Waals surface area (Å²) in [5, 5.41) is 4.13. The molecule has 0 aromatic carbocycles. The van der Waals surface area contributed by atoms with Crippen LogP contribution in [0.1, 0.15) is 32.1 Å². The predicted molar refractivity (Wildman–Crippen MR) is 52.3 cm³/mol. The summed E-state index contributed by atoms with van der Waals surface area (Å²) in [6.07, 6.45) is 11.6. The van der Waals surface area contributed by atoms with Crippen molar-refractivity contribution in [2.45, 2.75) is 32.1 Å². The lowest BCUT2D eigenvalue weighted by Crippen LogP contribution is -2.09. The van der Waals surface area contributed by atoms with E-state index in [1.165, 1.54) is 31.4 Å². The molecule has 2 fully saturated rings. The van der Waals surface area contributed by atoms with E-state index in [2.05, 4.69) is 11.1 Å². The molecule has 0 bridgehead atoms. The van der Waals surface area contributed by atoms with Gasteiger partial charge in [-0.1, -0.05) is 11.1 Å². The molecular weight excluding hydrogens is 162 g/mol. The van der Waals surface area contributed by atoms with Crippen LogP contribution in [0.25, 0.3) is 0 Å². The first-order valence-electron chi connectivity index (χ1n) is 5.04. The van der Waals surface area contributed by atoms with E-state index < -0.39 is 0 Å². The molecule has 2 nitrogen and oxygen atoms in total. The summed E-state index contributed by atoms with van der Waals surface area (Å²) in [6, 6.07) is 0. The third-order valence-electron chi connectivity index (χ3n) is 2.90. The van der Waals surface area contributed by atoms with Crippen molar-refractivity contribution in [3.63, 3.8) is 0 Å². The molecule has 0 saturated heterocycles. The first-order chi connectivity index (χ1) is 6.42. The Bertz CT molecular complexity index is 247. The number of hydrogen-bond acceptors (Lipinski definition) is 2. The fraction of sp³-hybridized carbons (Fsp3) is 0.727. The molecule has 13 heavy (non-hydrogen) atoms. The van der Waals surface area contributed by atoms with Crippen LogP contribution < -0.4 is 0 Å². The lowest BCUT2D eigenvalue weighted by Gasteiger charge is -2.07. The minimum atomic E-state index is 0.306. The predicted octanol–water partition coefficient (Wildman–Crippen LogP) is 2.20.